The van der Waals surface area contributed by atoms with Crippen LogP contribution in [0, 0.1) is 56.7 Å². The molecule has 0 spiro atoms. The highest BCUT2D eigenvalue weighted by atomic mass is 16.5. The normalized spacial score (nSPS) is 44.6. The molecule has 236 valence electrons. The second-order valence-corrected chi connectivity index (χ2v) is 16.9. The van der Waals surface area contributed by atoms with E-state index < -0.39 is 5.41 Å². The number of allylic oxidation sites excluding steroid dienone is 1. The molecule has 6 rings (SSSR count). The predicted octanol–water partition coefficient (Wildman–Crippen LogP) is 9.32. The zero-order chi connectivity index (χ0) is 31.0. The molecule has 0 saturated heterocycles. The van der Waals surface area contributed by atoms with Crippen LogP contribution in [0.1, 0.15) is 118 Å². The maximum atomic E-state index is 14.2. The van der Waals surface area contributed by atoms with Crippen molar-refractivity contribution < 1.29 is 19.1 Å². The molecule has 0 aromatic heterocycles. The van der Waals surface area contributed by atoms with Crippen LogP contribution in [-0.4, -0.2) is 18.0 Å². The number of benzene rings is 1. The number of ether oxygens (including phenoxy) is 2. The van der Waals surface area contributed by atoms with Gasteiger partial charge in [-0.3, -0.25) is 9.59 Å². The predicted molar refractivity (Wildman–Crippen MR) is 171 cm³/mol. The van der Waals surface area contributed by atoms with Gasteiger partial charge in [0.15, 0.2) is 0 Å². The fraction of sp³-hybridized carbons (Fsp3) is 0.744. The molecule has 4 nitrogen and oxygen atoms in total. The first-order chi connectivity index (χ1) is 20.2. The average Bonchev–Trinajstić information content (AvgIpc) is 3.35. The van der Waals surface area contributed by atoms with Gasteiger partial charge in [-0.25, -0.2) is 0 Å². The third-order valence-electron chi connectivity index (χ3n) is 14.9. The summed E-state index contributed by atoms with van der Waals surface area (Å²) < 4.78 is 12.1. The van der Waals surface area contributed by atoms with Gasteiger partial charge in [-0.1, -0.05) is 77.1 Å². The Bertz CT molecular complexity index is 1270. The van der Waals surface area contributed by atoms with Gasteiger partial charge in [-0.15, -0.1) is 0 Å². The van der Waals surface area contributed by atoms with Crippen molar-refractivity contribution in [3.05, 3.63) is 48.0 Å². The summed E-state index contributed by atoms with van der Waals surface area (Å²) in [7, 11) is 0. The first kappa shape index (κ1) is 30.9. The molecule has 5 fully saturated rings. The van der Waals surface area contributed by atoms with Crippen LogP contribution >= 0.6 is 0 Å². The first-order valence-electron chi connectivity index (χ1n) is 17.2. The monoisotopic (exact) mass is 588 g/mol. The van der Waals surface area contributed by atoms with Crippen molar-refractivity contribution in [3.63, 3.8) is 0 Å². The van der Waals surface area contributed by atoms with Crippen molar-refractivity contribution in [2.45, 2.75) is 125 Å². The Kier molecular flexibility index (Phi) is 7.53. The van der Waals surface area contributed by atoms with Crippen LogP contribution in [0.15, 0.2) is 42.5 Å². The van der Waals surface area contributed by atoms with Crippen LogP contribution in [0.3, 0.4) is 0 Å². The Balaban J connectivity index is 1.31. The van der Waals surface area contributed by atoms with Crippen LogP contribution in [0.5, 0.6) is 0 Å². The summed E-state index contributed by atoms with van der Waals surface area (Å²) in [6.07, 6.45) is 11.0. The van der Waals surface area contributed by atoms with E-state index in [9.17, 15) is 9.59 Å². The zero-order valence-electron chi connectivity index (χ0n) is 28.0. The van der Waals surface area contributed by atoms with Crippen LogP contribution < -0.4 is 0 Å². The highest BCUT2D eigenvalue weighted by Gasteiger charge is 2.72. The molecule has 0 aliphatic heterocycles. The number of rotatable bonds is 5. The zero-order valence-corrected chi connectivity index (χ0v) is 28.0. The third kappa shape index (κ3) is 4.42. The van der Waals surface area contributed by atoms with Gasteiger partial charge in [0, 0.05) is 12.3 Å². The van der Waals surface area contributed by atoms with Crippen molar-refractivity contribution in [2.75, 3.05) is 0 Å². The molecule has 0 heterocycles. The molecule has 43 heavy (non-hydrogen) atoms. The van der Waals surface area contributed by atoms with Gasteiger partial charge >= 0.3 is 11.9 Å². The lowest BCUT2D eigenvalue weighted by molar-refractivity contribution is -0.250. The van der Waals surface area contributed by atoms with Crippen molar-refractivity contribution in [3.8, 4) is 0 Å². The fourth-order valence-corrected chi connectivity index (χ4v) is 12.8. The molecule has 5 aliphatic carbocycles. The Labute approximate surface area is 260 Å². The van der Waals surface area contributed by atoms with E-state index in [0.29, 0.717) is 36.2 Å². The van der Waals surface area contributed by atoms with Gasteiger partial charge in [0.2, 0.25) is 0 Å². The van der Waals surface area contributed by atoms with Gasteiger partial charge < -0.3 is 9.47 Å². The maximum Gasteiger partial charge on any atom is 0.312 e. The SMILES string of the molecule is C=C(C)C1CC[C@]2(C(=O)OCc3ccccc3)CC[C@]3(C)[C@H](CC[C@@H]4[C@@]5(C)CC[C@H](OC(C)=O)C(C)(C)[C@@H]5CC[C@]43C)[C@@H]12. The molecule has 0 amide bonds. The molecule has 0 bridgehead atoms. The quantitative estimate of drug-likeness (QED) is 0.254. The van der Waals surface area contributed by atoms with E-state index in [4.69, 9.17) is 9.47 Å². The largest absolute Gasteiger partial charge is 0.462 e. The number of hydrogen-bond donors (Lipinski definition) is 0. The van der Waals surface area contributed by atoms with E-state index in [1.54, 1.807) is 6.92 Å². The minimum Gasteiger partial charge on any atom is -0.462 e. The second-order valence-electron chi connectivity index (χ2n) is 16.9. The standard InChI is InChI=1S/C39H56O4/c1-25(2)28-16-21-39(34(41)42-24-27-12-10-9-11-13-27)23-22-37(7)29(33(28)39)14-15-31-36(6)19-18-32(43-26(3)40)35(4,5)30(36)17-20-38(31,37)8/h9-13,28-33H,1,14-24H2,2-8H3/t28?,29-,30+,31-,32+,33-,36+,37-,38-,39+/m1/s1. The van der Waals surface area contributed by atoms with Gasteiger partial charge in [-0.2, -0.15) is 0 Å². The van der Waals surface area contributed by atoms with Crippen molar-refractivity contribution >= 4 is 11.9 Å². The van der Waals surface area contributed by atoms with Crippen molar-refractivity contribution in [2.24, 2.45) is 56.7 Å². The molecule has 1 aromatic rings. The summed E-state index contributed by atoms with van der Waals surface area (Å²) in [5.41, 5.74) is 2.51. The summed E-state index contributed by atoms with van der Waals surface area (Å²) in [5, 5.41) is 0. The Morgan fingerprint density at radius 2 is 1.53 bits per heavy atom. The van der Waals surface area contributed by atoms with E-state index in [0.717, 1.165) is 44.1 Å². The van der Waals surface area contributed by atoms with Gasteiger partial charge in [0.05, 0.1) is 5.41 Å². The fourth-order valence-electron chi connectivity index (χ4n) is 12.8. The Hall–Kier alpha value is -2.10. The minimum atomic E-state index is -0.392. The number of carbonyl (C=O) groups is 2. The molecule has 0 radical (unpaired) electrons. The van der Waals surface area contributed by atoms with E-state index in [2.05, 4.69) is 48.1 Å². The highest BCUT2D eigenvalue weighted by Crippen LogP contribution is 2.77. The minimum absolute atomic E-state index is 0.00589. The lowest BCUT2D eigenvalue weighted by Crippen LogP contribution is -2.67. The molecule has 0 N–H and O–H groups in total. The Morgan fingerprint density at radius 1 is 0.814 bits per heavy atom. The lowest BCUT2D eigenvalue weighted by atomic mass is 9.32. The second kappa shape index (κ2) is 10.5. The van der Waals surface area contributed by atoms with E-state index in [1.165, 1.54) is 31.3 Å². The van der Waals surface area contributed by atoms with Gasteiger partial charge in [0.1, 0.15) is 12.7 Å². The maximum absolute atomic E-state index is 14.2. The third-order valence-corrected chi connectivity index (χ3v) is 14.9. The molecule has 1 unspecified atom stereocenters. The molecule has 10 atom stereocenters. The number of hydrogen-bond acceptors (Lipinski definition) is 4. The van der Waals surface area contributed by atoms with Crippen molar-refractivity contribution in [1.29, 1.82) is 0 Å². The van der Waals surface area contributed by atoms with Crippen LogP contribution in [0.4, 0.5) is 0 Å². The summed E-state index contributed by atoms with van der Waals surface area (Å²) in [6, 6.07) is 10.1. The molecular weight excluding hydrogens is 532 g/mol. The first-order valence-corrected chi connectivity index (χ1v) is 17.2. The molecule has 4 heteroatoms. The number of esters is 2. The lowest BCUT2D eigenvalue weighted by Gasteiger charge is -2.72. The van der Waals surface area contributed by atoms with Crippen LogP contribution in [-0.2, 0) is 25.7 Å². The molecule has 5 aliphatic rings. The van der Waals surface area contributed by atoms with Crippen molar-refractivity contribution in [1.82, 2.24) is 0 Å². The van der Waals surface area contributed by atoms with Crippen LogP contribution in [0.2, 0.25) is 0 Å². The van der Waals surface area contributed by atoms with E-state index in [-0.39, 0.29) is 39.7 Å². The highest BCUT2D eigenvalue weighted by molar-refractivity contribution is 5.78. The number of fused-ring (bicyclic) bond motifs is 7. The van der Waals surface area contributed by atoms with E-state index >= 15 is 0 Å². The van der Waals surface area contributed by atoms with Crippen LogP contribution in [0.25, 0.3) is 0 Å². The van der Waals surface area contributed by atoms with E-state index in [1.807, 2.05) is 30.3 Å². The summed E-state index contributed by atoms with van der Waals surface area (Å²) in [6.45, 7) is 21.2. The van der Waals surface area contributed by atoms with Gasteiger partial charge in [0.25, 0.3) is 0 Å². The van der Waals surface area contributed by atoms with Gasteiger partial charge in [-0.05, 0) is 123 Å². The number of carbonyl (C=O) groups excluding carboxylic acids is 2. The average molecular weight is 589 g/mol. The summed E-state index contributed by atoms with van der Waals surface area (Å²) in [4.78, 5) is 26.2. The smallest absolute Gasteiger partial charge is 0.312 e. The molecular formula is C39H56O4. The topological polar surface area (TPSA) is 52.6 Å². The summed E-state index contributed by atoms with van der Waals surface area (Å²) in [5.74, 6) is 2.28. The molecule has 5 saturated carbocycles. The summed E-state index contributed by atoms with van der Waals surface area (Å²) >= 11 is 0. The molecule has 1 aromatic carbocycles. The Morgan fingerprint density at radius 3 is 2.21 bits per heavy atom.